The minimum Gasteiger partial charge on any atom is -0.478 e. The van der Waals surface area contributed by atoms with Gasteiger partial charge in [0.1, 0.15) is 6.61 Å². The zero-order valence-corrected chi connectivity index (χ0v) is 11.9. The van der Waals surface area contributed by atoms with Crippen molar-refractivity contribution in [2.45, 2.75) is 39.7 Å². The third-order valence-corrected chi connectivity index (χ3v) is 3.39. The summed E-state index contributed by atoms with van der Waals surface area (Å²) in [6.45, 7) is 7.56. The Bertz CT molecular complexity index is 396. The Morgan fingerprint density at radius 1 is 1.42 bits per heavy atom. The molecule has 106 valence electrons. The minimum atomic E-state index is 0.664. The van der Waals surface area contributed by atoms with Crippen molar-refractivity contribution in [2.24, 2.45) is 5.92 Å². The molecule has 4 nitrogen and oxygen atoms in total. The number of pyridine rings is 1. The first-order valence-electron chi connectivity index (χ1n) is 7.26. The van der Waals surface area contributed by atoms with Gasteiger partial charge in [-0.15, -0.1) is 0 Å². The molecule has 0 saturated carbocycles. The van der Waals surface area contributed by atoms with Crippen molar-refractivity contribution >= 4 is 0 Å². The molecule has 0 fully saturated rings. The van der Waals surface area contributed by atoms with Crippen LogP contribution in [-0.4, -0.2) is 24.7 Å². The second-order valence-electron chi connectivity index (χ2n) is 5.17. The Labute approximate surface area is 115 Å². The molecule has 0 aliphatic carbocycles. The Morgan fingerprint density at radius 2 is 2.32 bits per heavy atom. The largest absolute Gasteiger partial charge is 0.478 e. The zero-order chi connectivity index (χ0) is 13.5. The Balaban J connectivity index is 1.86. The molecule has 0 spiro atoms. The van der Waals surface area contributed by atoms with Crippen molar-refractivity contribution in [1.29, 1.82) is 0 Å². The van der Waals surface area contributed by atoms with Gasteiger partial charge in [-0.25, -0.2) is 0 Å². The van der Waals surface area contributed by atoms with Crippen molar-refractivity contribution in [1.82, 2.24) is 10.3 Å². The van der Waals surface area contributed by atoms with Gasteiger partial charge in [0.25, 0.3) is 0 Å². The molecule has 0 radical (unpaired) electrons. The summed E-state index contributed by atoms with van der Waals surface area (Å²) in [5.74, 6) is 2.10. The molecule has 4 heteroatoms. The number of nitrogens with one attached hydrogen (secondary N) is 1. The van der Waals surface area contributed by atoms with Crippen LogP contribution in [0.3, 0.4) is 0 Å². The second kappa shape index (κ2) is 7.34. The highest BCUT2D eigenvalue weighted by atomic mass is 16.5. The first kappa shape index (κ1) is 14.1. The van der Waals surface area contributed by atoms with E-state index in [0.29, 0.717) is 24.3 Å². The first-order valence-corrected chi connectivity index (χ1v) is 7.26. The molecule has 0 bridgehead atoms. The Kier molecular flexibility index (Phi) is 5.45. The van der Waals surface area contributed by atoms with Gasteiger partial charge in [-0.2, -0.15) is 4.98 Å². The molecular formula is C15H24N2O2. The van der Waals surface area contributed by atoms with Gasteiger partial charge in [0, 0.05) is 24.7 Å². The smallest absolute Gasteiger partial charge is 0.221 e. The van der Waals surface area contributed by atoms with Gasteiger partial charge < -0.3 is 14.8 Å². The molecule has 2 rings (SSSR count). The van der Waals surface area contributed by atoms with Gasteiger partial charge in [-0.1, -0.05) is 26.7 Å². The number of ether oxygens (including phenoxy) is 2. The van der Waals surface area contributed by atoms with Crippen LogP contribution in [0.4, 0.5) is 0 Å². The molecule has 0 amide bonds. The molecule has 1 unspecified atom stereocenters. The molecule has 2 heterocycles. The maximum atomic E-state index is 5.72. The van der Waals surface area contributed by atoms with Crippen molar-refractivity contribution in [3.05, 3.63) is 17.7 Å². The van der Waals surface area contributed by atoms with Crippen LogP contribution < -0.4 is 14.8 Å². The predicted molar refractivity (Wildman–Crippen MR) is 75.6 cm³/mol. The zero-order valence-electron chi connectivity index (χ0n) is 11.9. The minimum absolute atomic E-state index is 0.664. The summed E-state index contributed by atoms with van der Waals surface area (Å²) in [5.41, 5.74) is 1.10. The lowest BCUT2D eigenvalue weighted by atomic mass is 10.0. The van der Waals surface area contributed by atoms with Crippen molar-refractivity contribution in [3.63, 3.8) is 0 Å². The lowest BCUT2D eigenvalue weighted by Gasteiger charge is -2.12. The fourth-order valence-electron chi connectivity index (χ4n) is 2.24. The highest BCUT2D eigenvalue weighted by Gasteiger charge is 2.11. The molecule has 1 aromatic rings. The van der Waals surface area contributed by atoms with Crippen LogP contribution in [0.1, 0.15) is 38.7 Å². The highest BCUT2D eigenvalue weighted by molar-refractivity contribution is 5.31. The number of hydrogen-bond acceptors (Lipinski definition) is 4. The quantitative estimate of drug-likeness (QED) is 0.858. The van der Waals surface area contributed by atoms with E-state index in [4.69, 9.17) is 9.47 Å². The summed E-state index contributed by atoms with van der Waals surface area (Å²) >= 11 is 0. The lowest BCUT2D eigenvalue weighted by Crippen LogP contribution is -2.16. The molecule has 19 heavy (non-hydrogen) atoms. The molecule has 1 aliphatic rings. The summed E-state index contributed by atoms with van der Waals surface area (Å²) in [4.78, 5) is 4.43. The van der Waals surface area contributed by atoms with Gasteiger partial charge in [-0.05, 0) is 18.4 Å². The molecular weight excluding hydrogens is 240 g/mol. The van der Waals surface area contributed by atoms with Crippen LogP contribution in [-0.2, 0) is 6.54 Å². The Hall–Kier alpha value is -1.29. The van der Waals surface area contributed by atoms with Crippen LogP contribution in [0, 0.1) is 5.92 Å². The van der Waals surface area contributed by atoms with E-state index in [-0.39, 0.29) is 0 Å². The van der Waals surface area contributed by atoms with E-state index in [0.717, 1.165) is 31.7 Å². The fraction of sp³-hybridized carbons (Fsp3) is 0.667. The summed E-state index contributed by atoms with van der Waals surface area (Å²) in [6.07, 6.45) is 3.57. The number of rotatable bonds is 6. The van der Waals surface area contributed by atoms with Gasteiger partial charge in [0.2, 0.25) is 11.8 Å². The van der Waals surface area contributed by atoms with Gasteiger partial charge >= 0.3 is 0 Å². The summed E-state index contributed by atoms with van der Waals surface area (Å²) < 4.78 is 11.3. The van der Waals surface area contributed by atoms with E-state index in [9.17, 15) is 0 Å². The monoisotopic (exact) mass is 264 g/mol. The van der Waals surface area contributed by atoms with E-state index >= 15 is 0 Å². The SMILES string of the molecule is CCCC(C)CCOc1ccc2c(n1)OCCNC2. The fourth-order valence-corrected chi connectivity index (χ4v) is 2.24. The van der Waals surface area contributed by atoms with E-state index in [2.05, 4.69) is 24.1 Å². The summed E-state index contributed by atoms with van der Waals surface area (Å²) in [5, 5.41) is 3.29. The van der Waals surface area contributed by atoms with E-state index in [1.54, 1.807) is 0 Å². The van der Waals surface area contributed by atoms with Crippen LogP contribution in [0.15, 0.2) is 12.1 Å². The van der Waals surface area contributed by atoms with Gasteiger partial charge in [0.05, 0.1) is 6.61 Å². The highest BCUT2D eigenvalue weighted by Crippen LogP contribution is 2.21. The number of aromatic nitrogens is 1. The van der Waals surface area contributed by atoms with Crippen LogP contribution >= 0.6 is 0 Å². The molecule has 0 saturated heterocycles. The predicted octanol–water partition coefficient (Wildman–Crippen LogP) is 2.77. The van der Waals surface area contributed by atoms with Crippen molar-refractivity contribution in [3.8, 4) is 11.8 Å². The van der Waals surface area contributed by atoms with Crippen molar-refractivity contribution in [2.75, 3.05) is 19.8 Å². The van der Waals surface area contributed by atoms with E-state index < -0.39 is 0 Å². The molecule has 1 aromatic heterocycles. The van der Waals surface area contributed by atoms with Crippen LogP contribution in [0.2, 0.25) is 0 Å². The third-order valence-electron chi connectivity index (χ3n) is 3.39. The number of fused-ring (bicyclic) bond motifs is 1. The molecule has 0 aromatic carbocycles. The van der Waals surface area contributed by atoms with E-state index in [1.165, 1.54) is 12.8 Å². The topological polar surface area (TPSA) is 43.4 Å². The third kappa shape index (κ3) is 4.39. The lowest BCUT2D eigenvalue weighted by molar-refractivity contribution is 0.260. The van der Waals surface area contributed by atoms with Gasteiger partial charge in [0.15, 0.2) is 0 Å². The summed E-state index contributed by atoms with van der Waals surface area (Å²) in [7, 11) is 0. The van der Waals surface area contributed by atoms with E-state index in [1.807, 2.05) is 12.1 Å². The molecule has 1 N–H and O–H groups in total. The first-order chi connectivity index (χ1) is 9.29. The maximum absolute atomic E-state index is 5.72. The second-order valence-corrected chi connectivity index (χ2v) is 5.17. The van der Waals surface area contributed by atoms with Crippen molar-refractivity contribution < 1.29 is 9.47 Å². The average molecular weight is 264 g/mol. The average Bonchev–Trinajstić information content (AvgIpc) is 2.63. The number of nitrogens with zero attached hydrogens (tertiary/aromatic N) is 1. The maximum Gasteiger partial charge on any atom is 0.221 e. The van der Waals surface area contributed by atoms with Gasteiger partial charge in [-0.3, -0.25) is 0 Å². The normalized spacial score (nSPS) is 16.1. The van der Waals surface area contributed by atoms with Crippen LogP contribution in [0.5, 0.6) is 11.8 Å². The molecule has 1 aliphatic heterocycles. The molecule has 1 atom stereocenters. The van der Waals surface area contributed by atoms with Crippen LogP contribution in [0.25, 0.3) is 0 Å². The summed E-state index contributed by atoms with van der Waals surface area (Å²) in [6, 6.07) is 3.96. The number of hydrogen-bond donors (Lipinski definition) is 1. The Morgan fingerprint density at radius 3 is 3.16 bits per heavy atom. The standard InChI is InChI=1S/C15H24N2O2/c1-3-4-12(2)7-9-18-14-6-5-13-11-16-8-10-19-15(13)17-14/h5-6,12,16H,3-4,7-11H2,1-2H3.